The first kappa shape index (κ1) is 15.2. The van der Waals surface area contributed by atoms with Crippen molar-refractivity contribution < 1.29 is 18.3 Å². The molecule has 0 radical (unpaired) electrons. The van der Waals surface area contributed by atoms with Gasteiger partial charge in [0.05, 0.1) is 12.1 Å². The van der Waals surface area contributed by atoms with Crippen LogP contribution in [-0.4, -0.2) is 56.3 Å². The van der Waals surface area contributed by atoms with Crippen LogP contribution in [0.1, 0.15) is 32.6 Å². The van der Waals surface area contributed by atoms with E-state index in [1.165, 1.54) is 4.31 Å². The molecule has 0 aromatic carbocycles. The van der Waals surface area contributed by atoms with Gasteiger partial charge in [0.15, 0.2) is 0 Å². The minimum atomic E-state index is -3.45. The zero-order valence-electron chi connectivity index (χ0n) is 11.5. The molecule has 2 saturated heterocycles. The van der Waals surface area contributed by atoms with Gasteiger partial charge in [0.2, 0.25) is 0 Å². The summed E-state index contributed by atoms with van der Waals surface area (Å²) in [6.45, 7) is 4.14. The fourth-order valence-electron chi connectivity index (χ4n) is 2.72. The van der Waals surface area contributed by atoms with Crippen molar-refractivity contribution in [1.82, 2.24) is 9.03 Å². The molecule has 112 valence electrons. The lowest BCUT2D eigenvalue weighted by molar-refractivity contribution is 0.0376. The van der Waals surface area contributed by atoms with Crippen LogP contribution < -0.4 is 4.72 Å². The zero-order chi connectivity index (χ0) is 13.9. The normalized spacial score (nSPS) is 31.5. The van der Waals surface area contributed by atoms with Gasteiger partial charge in [-0.3, -0.25) is 0 Å². The summed E-state index contributed by atoms with van der Waals surface area (Å²) >= 11 is 0. The van der Waals surface area contributed by atoms with E-state index in [1.54, 1.807) is 0 Å². The molecule has 2 heterocycles. The highest BCUT2D eigenvalue weighted by atomic mass is 32.2. The predicted molar refractivity (Wildman–Crippen MR) is 71.9 cm³/mol. The van der Waals surface area contributed by atoms with Crippen molar-refractivity contribution in [2.45, 2.75) is 38.1 Å². The van der Waals surface area contributed by atoms with Gasteiger partial charge in [-0.25, -0.2) is 0 Å². The highest BCUT2D eigenvalue weighted by Gasteiger charge is 2.36. The topological polar surface area (TPSA) is 78.9 Å². The van der Waals surface area contributed by atoms with Gasteiger partial charge in [-0.15, -0.1) is 0 Å². The average molecular weight is 292 g/mol. The maximum atomic E-state index is 12.4. The molecule has 19 heavy (non-hydrogen) atoms. The summed E-state index contributed by atoms with van der Waals surface area (Å²) in [5, 5.41) is 9.08. The fraction of sp³-hybridized carbons (Fsp3) is 1.00. The maximum Gasteiger partial charge on any atom is 0.280 e. The summed E-state index contributed by atoms with van der Waals surface area (Å²) in [6.07, 6.45) is 3.14. The Hall–Kier alpha value is -0.210. The summed E-state index contributed by atoms with van der Waals surface area (Å²) in [7, 11) is -3.45. The van der Waals surface area contributed by atoms with Gasteiger partial charge in [0.1, 0.15) is 0 Å². The Balaban J connectivity index is 1.95. The molecule has 1 atom stereocenters. The van der Waals surface area contributed by atoms with Crippen LogP contribution in [0.3, 0.4) is 0 Å². The average Bonchev–Trinajstić information content (AvgIpc) is 2.38. The molecule has 2 rings (SSSR count). The lowest BCUT2D eigenvalue weighted by Gasteiger charge is -2.37. The number of hydrogen-bond donors (Lipinski definition) is 2. The standard InChI is InChI=1S/C12H24N2O4S/c1-12(5-2-8-18-10-12)13-19(16,17)14-6-3-11(9-15)4-7-14/h11,13,15H,2-10H2,1H3. The van der Waals surface area contributed by atoms with E-state index in [2.05, 4.69) is 4.72 Å². The smallest absolute Gasteiger partial charge is 0.280 e. The number of rotatable bonds is 4. The van der Waals surface area contributed by atoms with Gasteiger partial charge in [-0.1, -0.05) is 0 Å². The SMILES string of the molecule is CC1(NS(=O)(=O)N2CCC(CO)CC2)CCCOC1. The molecular formula is C12H24N2O4S. The summed E-state index contributed by atoms with van der Waals surface area (Å²) in [4.78, 5) is 0. The second kappa shape index (κ2) is 6.05. The molecule has 2 fully saturated rings. The molecule has 0 aromatic rings. The third kappa shape index (κ3) is 3.88. The molecule has 0 bridgehead atoms. The number of hydrogen-bond acceptors (Lipinski definition) is 4. The molecule has 2 aliphatic rings. The molecule has 0 spiro atoms. The monoisotopic (exact) mass is 292 g/mol. The number of nitrogens with one attached hydrogen (secondary N) is 1. The summed E-state index contributed by atoms with van der Waals surface area (Å²) in [5.41, 5.74) is -0.495. The molecule has 6 nitrogen and oxygen atoms in total. The molecular weight excluding hydrogens is 268 g/mol. The number of piperidine rings is 1. The Bertz CT molecular complexity index is 385. The minimum absolute atomic E-state index is 0.146. The van der Waals surface area contributed by atoms with Crippen LogP contribution in [0.25, 0.3) is 0 Å². The molecule has 7 heteroatoms. The number of aliphatic hydroxyl groups excluding tert-OH is 1. The number of nitrogens with zero attached hydrogens (tertiary/aromatic N) is 1. The van der Waals surface area contributed by atoms with Crippen molar-refractivity contribution in [3.8, 4) is 0 Å². The predicted octanol–water partition coefficient (Wildman–Crippen LogP) is 0.0942. The van der Waals surface area contributed by atoms with Crippen LogP contribution in [0.2, 0.25) is 0 Å². The second-order valence-corrected chi connectivity index (χ2v) is 7.52. The van der Waals surface area contributed by atoms with Gasteiger partial charge in [-0.05, 0) is 38.5 Å². The molecule has 2 aliphatic heterocycles. The first-order valence-corrected chi connectivity index (χ1v) is 8.37. The molecule has 0 saturated carbocycles. The highest BCUT2D eigenvalue weighted by Crippen LogP contribution is 2.23. The summed E-state index contributed by atoms with van der Waals surface area (Å²) < 4.78 is 34.3. The van der Waals surface area contributed by atoms with Gasteiger partial charge in [0.25, 0.3) is 10.2 Å². The third-order valence-corrected chi connectivity index (χ3v) is 5.78. The van der Waals surface area contributed by atoms with Crippen LogP contribution in [0.5, 0.6) is 0 Å². The highest BCUT2D eigenvalue weighted by molar-refractivity contribution is 7.87. The molecule has 0 amide bonds. The van der Waals surface area contributed by atoms with E-state index in [0.717, 1.165) is 25.7 Å². The van der Waals surface area contributed by atoms with E-state index in [1.807, 2.05) is 6.92 Å². The van der Waals surface area contributed by atoms with E-state index in [4.69, 9.17) is 9.84 Å². The Morgan fingerprint density at radius 2 is 2.11 bits per heavy atom. The van der Waals surface area contributed by atoms with Crippen molar-refractivity contribution in [2.24, 2.45) is 5.92 Å². The van der Waals surface area contributed by atoms with Crippen LogP contribution in [0.15, 0.2) is 0 Å². The third-order valence-electron chi connectivity index (χ3n) is 3.98. The molecule has 2 N–H and O–H groups in total. The van der Waals surface area contributed by atoms with Crippen molar-refractivity contribution in [2.75, 3.05) is 32.9 Å². The zero-order valence-corrected chi connectivity index (χ0v) is 12.3. The quantitative estimate of drug-likeness (QED) is 0.770. The van der Waals surface area contributed by atoms with Crippen molar-refractivity contribution in [3.05, 3.63) is 0 Å². The molecule has 0 aliphatic carbocycles. The van der Waals surface area contributed by atoms with Gasteiger partial charge >= 0.3 is 0 Å². The van der Waals surface area contributed by atoms with E-state index in [0.29, 0.717) is 26.3 Å². The Morgan fingerprint density at radius 1 is 1.42 bits per heavy atom. The fourth-order valence-corrected chi connectivity index (χ4v) is 4.33. The molecule has 0 aromatic heterocycles. The van der Waals surface area contributed by atoms with Crippen LogP contribution >= 0.6 is 0 Å². The minimum Gasteiger partial charge on any atom is -0.396 e. The van der Waals surface area contributed by atoms with Crippen molar-refractivity contribution in [3.63, 3.8) is 0 Å². The van der Waals surface area contributed by atoms with E-state index in [-0.39, 0.29) is 12.5 Å². The maximum absolute atomic E-state index is 12.4. The number of aliphatic hydroxyl groups is 1. The largest absolute Gasteiger partial charge is 0.396 e. The van der Waals surface area contributed by atoms with Gasteiger partial charge in [0, 0.05) is 26.3 Å². The summed E-state index contributed by atoms with van der Waals surface area (Å²) in [5.74, 6) is 0.236. The number of ether oxygens (including phenoxy) is 1. The van der Waals surface area contributed by atoms with Crippen LogP contribution in [0.4, 0.5) is 0 Å². The first-order chi connectivity index (χ1) is 8.95. The van der Waals surface area contributed by atoms with Gasteiger partial charge < -0.3 is 9.84 Å². The lowest BCUT2D eigenvalue weighted by Crippen LogP contribution is -2.56. The van der Waals surface area contributed by atoms with E-state index < -0.39 is 15.7 Å². The molecule has 1 unspecified atom stereocenters. The first-order valence-electron chi connectivity index (χ1n) is 6.93. The van der Waals surface area contributed by atoms with E-state index in [9.17, 15) is 8.42 Å². The Kier molecular flexibility index (Phi) is 4.84. The Labute approximate surface area is 115 Å². The second-order valence-electron chi connectivity index (χ2n) is 5.85. The Morgan fingerprint density at radius 3 is 2.63 bits per heavy atom. The van der Waals surface area contributed by atoms with Crippen LogP contribution in [-0.2, 0) is 14.9 Å². The van der Waals surface area contributed by atoms with Gasteiger partial charge in [-0.2, -0.15) is 17.4 Å². The lowest BCUT2D eigenvalue weighted by atomic mass is 9.97. The van der Waals surface area contributed by atoms with Crippen molar-refractivity contribution >= 4 is 10.2 Å². The van der Waals surface area contributed by atoms with Crippen molar-refractivity contribution in [1.29, 1.82) is 0 Å². The summed E-state index contributed by atoms with van der Waals surface area (Å²) in [6, 6.07) is 0. The van der Waals surface area contributed by atoms with Crippen LogP contribution in [0, 0.1) is 5.92 Å². The van der Waals surface area contributed by atoms with E-state index >= 15 is 0 Å².